The molecule has 0 spiro atoms. The number of hydrogen-bond donors (Lipinski definition) is 3. The molecule has 0 radical (unpaired) electrons. The van der Waals surface area contributed by atoms with Gasteiger partial charge in [-0.1, -0.05) is 0 Å². The Labute approximate surface area is 118 Å². The van der Waals surface area contributed by atoms with Gasteiger partial charge in [-0.05, 0) is 50.2 Å². The normalized spacial score (nSPS) is 11.9. The molecule has 0 fully saturated rings. The zero-order valence-electron chi connectivity index (χ0n) is 11.6. The van der Waals surface area contributed by atoms with Gasteiger partial charge < -0.3 is 20.3 Å². The van der Waals surface area contributed by atoms with Crippen molar-refractivity contribution in [3.63, 3.8) is 0 Å². The lowest BCUT2D eigenvalue weighted by molar-refractivity contribution is 0.340. The zero-order chi connectivity index (χ0) is 14.5. The third-order valence-electron chi connectivity index (χ3n) is 3.03. The second kappa shape index (κ2) is 6.19. The van der Waals surface area contributed by atoms with E-state index in [1.807, 2.05) is 38.1 Å². The van der Waals surface area contributed by atoms with Gasteiger partial charge in [-0.25, -0.2) is 0 Å². The SMILES string of the molecule is CCOc1ccc(NC(C)c2ccc(O)cc2O)cc1. The third-order valence-corrected chi connectivity index (χ3v) is 3.03. The van der Waals surface area contributed by atoms with Crippen LogP contribution in [0.15, 0.2) is 42.5 Å². The number of anilines is 1. The van der Waals surface area contributed by atoms with E-state index in [9.17, 15) is 10.2 Å². The number of benzene rings is 2. The molecule has 0 saturated carbocycles. The van der Waals surface area contributed by atoms with E-state index in [4.69, 9.17) is 4.74 Å². The van der Waals surface area contributed by atoms with Crippen LogP contribution >= 0.6 is 0 Å². The minimum Gasteiger partial charge on any atom is -0.508 e. The maximum absolute atomic E-state index is 9.83. The van der Waals surface area contributed by atoms with Crippen molar-refractivity contribution in [2.75, 3.05) is 11.9 Å². The fraction of sp³-hybridized carbons (Fsp3) is 0.250. The highest BCUT2D eigenvalue weighted by Crippen LogP contribution is 2.30. The van der Waals surface area contributed by atoms with Crippen molar-refractivity contribution in [2.45, 2.75) is 19.9 Å². The largest absolute Gasteiger partial charge is 0.508 e. The number of aromatic hydroxyl groups is 2. The standard InChI is InChI=1S/C16H19NO3/c1-3-20-14-7-4-12(5-8-14)17-11(2)15-9-6-13(18)10-16(15)19/h4-11,17-19H,3H2,1-2H3. The first-order valence-electron chi connectivity index (χ1n) is 6.61. The first kappa shape index (κ1) is 14.1. The molecule has 20 heavy (non-hydrogen) atoms. The van der Waals surface area contributed by atoms with Gasteiger partial charge in [0.05, 0.1) is 12.6 Å². The average Bonchev–Trinajstić information content (AvgIpc) is 2.41. The van der Waals surface area contributed by atoms with Gasteiger partial charge in [-0.15, -0.1) is 0 Å². The molecule has 0 aliphatic heterocycles. The van der Waals surface area contributed by atoms with Crippen molar-refractivity contribution in [1.82, 2.24) is 0 Å². The Morgan fingerprint density at radius 1 is 1.10 bits per heavy atom. The third kappa shape index (κ3) is 3.35. The summed E-state index contributed by atoms with van der Waals surface area (Å²) in [5.41, 5.74) is 1.67. The Morgan fingerprint density at radius 3 is 2.40 bits per heavy atom. The minimum absolute atomic E-state index is 0.0551. The molecule has 0 heterocycles. The minimum atomic E-state index is -0.0754. The van der Waals surface area contributed by atoms with E-state index in [1.165, 1.54) is 6.07 Å². The summed E-state index contributed by atoms with van der Waals surface area (Å²) in [5.74, 6) is 0.966. The molecule has 4 nitrogen and oxygen atoms in total. The van der Waals surface area contributed by atoms with E-state index in [0.717, 1.165) is 17.0 Å². The molecule has 0 amide bonds. The van der Waals surface area contributed by atoms with E-state index in [-0.39, 0.29) is 17.5 Å². The Balaban J connectivity index is 2.08. The van der Waals surface area contributed by atoms with Crippen molar-refractivity contribution in [3.8, 4) is 17.2 Å². The highest BCUT2D eigenvalue weighted by molar-refractivity contribution is 5.50. The van der Waals surface area contributed by atoms with Crippen LogP contribution in [0.1, 0.15) is 25.5 Å². The molecule has 106 valence electrons. The summed E-state index contributed by atoms with van der Waals surface area (Å²) in [6.07, 6.45) is 0. The van der Waals surface area contributed by atoms with Crippen LogP contribution in [0, 0.1) is 0 Å². The summed E-state index contributed by atoms with van der Waals surface area (Å²) < 4.78 is 5.39. The highest BCUT2D eigenvalue weighted by atomic mass is 16.5. The molecule has 1 unspecified atom stereocenters. The highest BCUT2D eigenvalue weighted by Gasteiger charge is 2.10. The lowest BCUT2D eigenvalue weighted by Gasteiger charge is -2.17. The van der Waals surface area contributed by atoms with Gasteiger partial charge in [0, 0.05) is 17.3 Å². The van der Waals surface area contributed by atoms with Crippen LogP contribution in [0.25, 0.3) is 0 Å². The summed E-state index contributed by atoms with van der Waals surface area (Å²) in [6.45, 7) is 4.54. The van der Waals surface area contributed by atoms with Crippen LogP contribution in [0.2, 0.25) is 0 Å². The maximum atomic E-state index is 9.83. The Hall–Kier alpha value is -2.36. The predicted octanol–water partition coefficient (Wildman–Crippen LogP) is 3.67. The maximum Gasteiger partial charge on any atom is 0.124 e. The summed E-state index contributed by atoms with van der Waals surface area (Å²) in [6, 6.07) is 12.2. The average molecular weight is 273 g/mol. The van der Waals surface area contributed by atoms with Crippen LogP contribution in [0.4, 0.5) is 5.69 Å². The van der Waals surface area contributed by atoms with E-state index in [0.29, 0.717) is 6.61 Å². The number of hydrogen-bond acceptors (Lipinski definition) is 4. The second-order valence-corrected chi connectivity index (χ2v) is 4.57. The first-order valence-corrected chi connectivity index (χ1v) is 6.61. The van der Waals surface area contributed by atoms with Crippen molar-refractivity contribution in [2.24, 2.45) is 0 Å². The predicted molar refractivity (Wildman–Crippen MR) is 79.4 cm³/mol. The fourth-order valence-corrected chi connectivity index (χ4v) is 2.04. The monoisotopic (exact) mass is 273 g/mol. The molecule has 2 aromatic carbocycles. The molecule has 2 rings (SSSR count). The molecular formula is C16H19NO3. The molecule has 0 saturated heterocycles. The molecule has 0 aliphatic carbocycles. The van der Waals surface area contributed by atoms with Crippen molar-refractivity contribution in [1.29, 1.82) is 0 Å². The number of phenols is 2. The summed E-state index contributed by atoms with van der Waals surface area (Å²) in [7, 11) is 0. The molecule has 4 heteroatoms. The van der Waals surface area contributed by atoms with Gasteiger partial charge in [-0.3, -0.25) is 0 Å². The van der Waals surface area contributed by atoms with E-state index in [1.54, 1.807) is 12.1 Å². The number of rotatable bonds is 5. The van der Waals surface area contributed by atoms with Crippen LogP contribution in [-0.4, -0.2) is 16.8 Å². The van der Waals surface area contributed by atoms with Gasteiger partial charge in [0.15, 0.2) is 0 Å². The lowest BCUT2D eigenvalue weighted by atomic mass is 10.1. The van der Waals surface area contributed by atoms with Gasteiger partial charge in [-0.2, -0.15) is 0 Å². The molecule has 0 bridgehead atoms. The quantitative estimate of drug-likeness (QED) is 0.778. The topological polar surface area (TPSA) is 61.7 Å². The van der Waals surface area contributed by atoms with E-state index < -0.39 is 0 Å². The van der Waals surface area contributed by atoms with E-state index >= 15 is 0 Å². The zero-order valence-corrected chi connectivity index (χ0v) is 11.6. The van der Waals surface area contributed by atoms with Gasteiger partial charge in [0.1, 0.15) is 17.2 Å². The van der Waals surface area contributed by atoms with Gasteiger partial charge in [0.25, 0.3) is 0 Å². The molecule has 1 atom stereocenters. The molecule has 3 N–H and O–H groups in total. The Bertz CT molecular complexity index is 566. The van der Waals surface area contributed by atoms with Gasteiger partial charge in [0.2, 0.25) is 0 Å². The van der Waals surface area contributed by atoms with Crippen LogP contribution in [0.5, 0.6) is 17.2 Å². The number of phenolic OH excluding ortho intramolecular Hbond substituents is 2. The number of ether oxygens (including phenoxy) is 1. The molecular weight excluding hydrogens is 254 g/mol. The Kier molecular flexibility index (Phi) is 4.35. The van der Waals surface area contributed by atoms with Gasteiger partial charge >= 0.3 is 0 Å². The summed E-state index contributed by atoms with van der Waals surface area (Å²) in [4.78, 5) is 0. The fourth-order valence-electron chi connectivity index (χ4n) is 2.04. The van der Waals surface area contributed by atoms with Crippen LogP contribution < -0.4 is 10.1 Å². The smallest absolute Gasteiger partial charge is 0.124 e. The first-order chi connectivity index (χ1) is 9.60. The lowest BCUT2D eigenvalue weighted by Crippen LogP contribution is -2.06. The molecule has 0 aromatic heterocycles. The Morgan fingerprint density at radius 2 is 1.80 bits per heavy atom. The van der Waals surface area contributed by atoms with Crippen LogP contribution in [-0.2, 0) is 0 Å². The summed E-state index contributed by atoms with van der Waals surface area (Å²) in [5, 5.41) is 22.4. The molecule has 2 aromatic rings. The van der Waals surface area contributed by atoms with Crippen molar-refractivity contribution in [3.05, 3.63) is 48.0 Å². The number of nitrogens with one attached hydrogen (secondary N) is 1. The summed E-state index contributed by atoms with van der Waals surface area (Å²) >= 11 is 0. The van der Waals surface area contributed by atoms with Crippen molar-refractivity contribution < 1.29 is 14.9 Å². The van der Waals surface area contributed by atoms with Crippen molar-refractivity contribution >= 4 is 5.69 Å². The van der Waals surface area contributed by atoms with E-state index in [2.05, 4.69) is 5.32 Å². The second-order valence-electron chi connectivity index (χ2n) is 4.57. The van der Waals surface area contributed by atoms with Crippen LogP contribution in [0.3, 0.4) is 0 Å². The molecule has 0 aliphatic rings.